The Bertz CT molecular complexity index is 4390. The Morgan fingerprint density at radius 3 is 0.903 bits per heavy atom. The van der Waals surface area contributed by atoms with Crippen molar-refractivity contribution in [2.24, 2.45) is 70.8 Å². The Labute approximate surface area is 807 Å². The molecule has 17 unspecified atom stereocenters. The van der Waals surface area contributed by atoms with Gasteiger partial charge in [0.2, 0.25) is 46.2 Å². The van der Waals surface area contributed by atoms with Crippen LogP contribution in [0.3, 0.4) is 0 Å². The summed E-state index contributed by atoms with van der Waals surface area (Å²) < 4.78 is 52.3. The van der Waals surface area contributed by atoms with Gasteiger partial charge in [-0.15, -0.1) is 11.8 Å². The second-order valence-electron chi connectivity index (χ2n) is 36.9. The number of esters is 1. The molecule has 6 rings (SSSR count). The number of nitrogens with two attached hydrogens (primary N) is 1. The minimum absolute atomic E-state index is 0.00318. The number of hydrogen-bond donors (Lipinski definition) is 6. The molecule has 0 bridgehead atoms. The topological polar surface area (TPSA) is 356 Å². The minimum atomic E-state index is -0.861. The van der Waals surface area contributed by atoms with E-state index in [9.17, 15) is 63.9 Å². The van der Waals surface area contributed by atoms with Crippen LogP contribution in [0.4, 0.5) is 0 Å². The highest BCUT2D eigenvalue weighted by molar-refractivity contribution is 8.03. The molecule has 17 atom stereocenters. The lowest BCUT2D eigenvalue weighted by Crippen LogP contribution is -2.40. The van der Waals surface area contributed by atoms with Gasteiger partial charge in [0.05, 0.1) is 74.8 Å². The Morgan fingerprint density at radius 2 is 0.634 bits per heavy atom. The van der Waals surface area contributed by atoms with Crippen LogP contribution < -0.4 is 5.73 Å². The van der Waals surface area contributed by atoms with E-state index >= 15 is 0 Å². The van der Waals surface area contributed by atoms with Crippen LogP contribution in [0.1, 0.15) is 273 Å². The number of thioether (sulfide) groups is 1. The number of aliphatic hydroxyl groups is 5. The highest BCUT2D eigenvalue weighted by Crippen LogP contribution is 2.43. The zero-order valence-electron chi connectivity index (χ0n) is 86.6. The maximum Gasteiger partial charge on any atom is 0.308 e. The number of allylic oxidation sites excluding steroid dienone is 25. The summed E-state index contributed by atoms with van der Waals surface area (Å²) in [5, 5.41) is 53.0. The molecule has 7 N–H and O–H groups in total. The number of cyclic esters (lactones) is 1. The third-order valence-electron chi connectivity index (χ3n) is 26.7. The predicted molar refractivity (Wildman–Crippen MR) is 533 cm³/mol. The molecular weight excluding hydrogens is 1720 g/mol. The molecule has 134 heavy (non-hydrogen) atoms. The zero-order chi connectivity index (χ0) is 102. The molecule has 0 aromatic heterocycles. The zero-order valence-corrected chi connectivity index (χ0v) is 87.4. The van der Waals surface area contributed by atoms with Crippen molar-refractivity contribution in [1.82, 2.24) is 0 Å². The van der Waals surface area contributed by atoms with E-state index in [2.05, 4.69) is 117 Å². The van der Waals surface area contributed by atoms with Crippen LogP contribution >= 0.6 is 11.8 Å². The van der Waals surface area contributed by atoms with Gasteiger partial charge in [-0.1, -0.05) is 172 Å². The third kappa shape index (κ3) is 38.0. The van der Waals surface area contributed by atoms with E-state index in [1.165, 1.54) is 126 Å². The SMILES string of the molecule is CCC/C(C)=C/CC1C(C)C(=O)C(SC)=C(OC)C1O.COC1=C(OC)C(O)C(C/C=C(\C)CC/C=C(\C)CC/C=C(\C)C(C)=O)C(C)C1=O.COC1=C(OC)C(O)C(C/C=C(\C)CC/C=C(\C)CC/C=C(\C)C=O)C(C)C1=O.COC1=C(OC)C(O)C(C/C=C(\C)CC/C=C(\C)CC2CCC(C)C(=O)O2)C(C)C1=O.COC1=C(OC)C(O)C(C/C=C(\C)CC/C=C(\C)CN)C(C)C1=O. The number of Topliss-reactive ketones (excluding diaryl/α,β-unsaturated/α-hetero) is 6. The summed E-state index contributed by atoms with van der Waals surface area (Å²) in [6.45, 7) is 37.9. The van der Waals surface area contributed by atoms with Crippen LogP contribution in [0.15, 0.2) is 185 Å². The molecule has 0 saturated carbocycles. The maximum atomic E-state index is 12.5. The predicted octanol–water partition coefficient (Wildman–Crippen LogP) is 20.5. The van der Waals surface area contributed by atoms with Gasteiger partial charge in [-0.05, 0) is 229 Å². The number of rotatable bonds is 45. The molecule has 1 fully saturated rings. The Kier molecular flexibility index (Phi) is 57.7. The molecule has 0 aromatic rings. The highest BCUT2D eigenvalue weighted by atomic mass is 32.2. The van der Waals surface area contributed by atoms with E-state index < -0.39 is 30.5 Å². The smallest absolute Gasteiger partial charge is 0.308 e. The summed E-state index contributed by atoms with van der Waals surface area (Å²) in [5.41, 5.74) is 18.5. The van der Waals surface area contributed by atoms with Crippen LogP contribution in [-0.2, 0) is 85.7 Å². The molecule has 1 aliphatic heterocycles. The van der Waals surface area contributed by atoms with E-state index in [4.69, 9.17) is 53.1 Å². The summed E-state index contributed by atoms with van der Waals surface area (Å²) in [5.74, 6) is -0.931. The first-order chi connectivity index (χ1) is 63.4. The van der Waals surface area contributed by atoms with Crippen LogP contribution in [-0.4, -0.2) is 186 Å². The Hall–Kier alpha value is -8.69. The average molecular weight is 1890 g/mol. The van der Waals surface area contributed by atoms with E-state index in [1.807, 2.05) is 80.7 Å². The standard InChI is InChI=1S/C25H38O6.C25H38O5.C24H36O5.C19H31NO4.C16H26O3S/c1-15(8-7-9-16(2)14-19-12-11-17(3)25(28)31-19)10-13-20-18(4)21(26)23(29-5)24(30-6)22(20)27;1-16(12-9-13-18(3)20(5)26)10-8-11-17(2)14-15-21-19(4)22(27)24(29-6)25(30-7)23(21)28;1-16(10-8-12-18(3)15-25)9-7-11-17(2)13-14-20-19(4)21(26)23(28-5)24(29-6)22(20)27;1-12(7-6-8-13(2)11-20)9-10-15-14(3)16(21)18(23-4)19(24-5)17(15)22;1-6-7-10(2)8-9-12-11(3)13(17)16(20-5)15(19-4)14(12)18/h9-10,17-20,22,27H,7-8,11-14H2,1-6H3;10,13-14,19,21,23,28H,8-9,11-12,15H2,1-7H3;9,12-13,15,19-20,22,27H,7-8,10-11,14H2,1-6H3;8-9,14-15,17,22H,6-7,10-11,20H2,1-5H3;8,11-12,14,18H,6-7,9H2,1-5H3/b15-10+,16-9+;16-10+,17-14+,18-13+;16-9+,17-13+,18-12+;12-9+,13-8+;10-8+. The number of ether oxygens (including phenoxy) is 10. The Balaban J connectivity index is 0.000000571. The molecule has 0 amide bonds. The van der Waals surface area contributed by atoms with Crippen LogP contribution in [0.25, 0.3) is 0 Å². The first-order valence-corrected chi connectivity index (χ1v) is 49.0. The van der Waals surface area contributed by atoms with Gasteiger partial charge in [0.25, 0.3) is 0 Å². The molecule has 0 spiro atoms. The molecular formula is C109H169NO23S. The van der Waals surface area contributed by atoms with E-state index in [-0.39, 0.29) is 158 Å². The number of aldehydes is 1. The lowest BCUT2D eigenvalue weighted by atomic mass is 9.77. The van der Waals surface area contributed by atoms with Crippen molar-refractivity contribution in [3.8, 4) is 0 Å². The monoisotopic (exact) mass is 1890 g/mol. The quantitative estimate of drug-likeness (QED) is 0.0143. The lowest BCUT2D eigenvalue weighted by molar-refractivity contribution is -0.159. The molecule has 0 aromatic carbocycles. The fraction of sp³-hybridized carbons (Fsp3) is 0.633. The summed E-state index contributed by atoms with van der Waals surface area (Å²) in [7, 11) is 13.0. The van der Waals surface area contributed by atoms with Gasteiger partial charge in [0, 0.05) is 72.1 Å². The molecule has 25 heteroatoms. The van der Waals surface area contributed by atoms with Gasteiger partial charge in [0.1, 0.15) is 48.7 Å². The van der Waals surface area contributed by atoms with Crippen molar-refractivity contribution in [2.45, 2.75) is 309 Å². The number of aliphatic hydroxyl groups excluding tert-OH is 5. The maximum absolute atomic E-state index is 12.5. The fourth-order valence-corrected chi connectivity index (χ4v) is 17.9. The van der Waals surface area contributed by atoms with Crippen molar-refractivity contribution < 1.29 is 111 Å². The molecule has 1 heterocycles. The summed E-state index contributed by atoms with van der Waals surface area (Å²) in [4.78, 5) is 96.4. The van der Waals surface area contributed by atoms with Gasteiger partial charge in [-0.25, -0.2) is 0 Å². The number of carbonyl (C=O) groups excluding carboxylic acids is 8. The largest absolute Gasteiger partial charge is 0.497 e. The average Bonchev–Trinajstić information content (AvgIpc) is 0.810. The molecule has 754 valence electrons. The number of methoxy groups -OCH3 is 9. The van der Waals surface area contributed by atoms with E-state index in [1.54, 1.807) is 6.92 Å². The van der Waals surface area contributed by atoms with Gasteiger partial charge < -0.3 is 78.6 Å². The van der Waals surface area contributed by atoms with Crippen LogP contribution in [0.5, 0.6) is 0 Å². The normalized spacial score (nSPS) is 26.4. The third-order valence-corrected chi connectivity index (χ3v) is 27.5. The second-order valence-corrected chi connectivity index (χ2v) is 37.7. The molecule has 0 radical (unpaired) electrons. The van der Waals surface area contributed by atoms with Crippen molar-refractivity contribution >= 4 is 58.7 Å². The summed E-state index contributed by atoms with van der Waals surface area (Å²) in [6, 6.07) is 0. The molecule has 5 aliphatic carbocycles. The van der Waals surface area contributed by atoms with E-state index in [0.29, 0.717) is 49.3 Å². The van der Waals surface area contributed by atoms with Crippen LogP contribution in [0.2, 0.25) is 0 Å². The number of ketones is 6. The van der Waals surface area contributed by atoms with Crippen molar-refractivity contribution in [2.75, 3.05) is 76.8 Å². The second kappa shape index (κ2) is 63.7. The van der Waals surface area contributed by atoms with Crippen molar-refractivity contribution in [3.63, 3.8) is 0 Å². The van der Waals surface area contributed by atoms with E-state index in [0.717, 1.165) is 127 Å². The fourth-order valence-electron chi connectivity index (χ4n) is 17.1. The molecule has 24 nitrogen and oxygen atoms in total. The van der Waals surface area contributed by atoms with Crippen molar-refractivity contribution in [1.29, 1.82) is 0 Å². The molecule has 1 saturated heterocycles. The summed E-state index contributed by atoms with van der Waals surface area (Å²) in [6.07, 6.45) is 41.1. The summed E-state index contributed by atoms with van der Waals surface area (Å²) >= 11 is 1.36. The van der Waals surface area contributed by atoms with Gasteiger partial charge in [0.15, 0.2) is 34.6 Å². The first kappa shape index (κ1) is 121. The first-order valence-electron chi connectivity index (χ1n) is 47.8. The number of carbonyl (C=O) groups is 8. The molecule has 6 aliphatic rings. The van der Waals surface area contributed by atoms with Gasteiger partial charge >= 0.3 is 5.97 Å². The van der Waals surface area contributed by atoms with Crippen molar-refractivity contribution in [3.05, 3.63) is 185 Å². The minimum Gasteiger partial charge on any atom is -0.497 e. The number of hydrogen-bond acceptors (Lipinski definition) is 25. The Morgan fingerprint density at radius 1 is 0.366 bits per heavy atom. The van der Waals surface area contributed by atoms with Crippen LogP contribution in [0, 0.1) is 65.1 Å². The highest BCUT2D eigenvalue weighted by Gasteiger charge is 2.47. The van der Waals surface area contributed by atoms with Gasteiger partial charge in [-0.3, -0.25) is 38.4 Å². The van der Waals surface area contributed by atoms with Gasteiger partial charge in [-0.2, -0.15) is 0 Å². The lowest BCUT2D eigenvalue weighted by Gasteiger charge is -2.34.